The molecule has 7 nitrogen and oxygen atoms in total. The summed E-state index contributed by atoms with van der Waals surface area (Å²) in [6.45, 7) is 1.56. The quantitative estimate of drug-likeness (QED) is 0.256. The first-order chi connectivity index (χ1) is 18.0. The molecule has 6 rings (SSSR count). The van der Waals surface area contributed by atoms with Crippen molar-refractivity contribution >= 4 is 50.2 Å². The van der Waals surface area contributed by atoms with E-state index < -0.39 is 0 Å². The lowest BCUT2D eigenvalue weighted by molar-refractivity contribution is 0.102. The van der Waals surface area contributed by atoms with Crippen LogP contribution in [0.3, 0.4) is 0 Å². The molecule has 1 aliphatic heterocycles. The molecule has 0 unspecified atom stereocenters. The summed E-state index contributed by atoms with van der Waals surface area (Å²) in [5.74, 6) is 1.52. The van der Waals surface area contributed by atoms with Crippen LogP contribution in [0.15, 0.2) is 83.5 Å². The fourth-order valence-electron chi connectivity index (χ4n) is 4.23. The summed E-state index contributed by atoms with van der Waals surface area (Å²) in [5.41, 5.74) is 3.74. The van der Waals surface area contributed by atoms with E-state index in [9.17, 15) is 4.79 Å². The largest absolute Gasteiger partial charge is 0.486 e. The second kappa shape index (κ2) is 9.88. The number of carbonyl (C=O) groups excluding carboxylic acids is 1. The number of rotatable bonds is 5. The van der Waals surface area contributed by atoms with Crippen LogP contribution in [0, 0.1) is 0 Å². The van der Waals surface area contributed by atoms with Gasteiger partial charge in [-0.05, 0) is 64.0 Å². The third-order valence-electron chi connectivity index (χ3n) is 6.01. The van der Waals surface area contributed by atoms with Crippen LogP contribution in [0.5, 0.6) is 11.5 Å². The van der Waals surface area contributed by atoms with Gasteiger partial charge in [0, 0.05) is 22.2 Å². The van der Waals surface area contributed by atoms with Crippen molar-refractivity contribution in [1.82, 2.24) is 14.8 Å². The predicted octanol–water partition coefficient (Wildman–Crippen LogP) is 6.59. The summed E-state index contributed by atoms with van der Waals surface area (Å²) < 4.78 is 13.8. The first kappa shape index (κ1) is 23.5. The smallest absolute Gasteiger partial charge is 0.257 e. The molecule has 0 saturated carbocycles. The zero-order valence-electron chi connectivity index (χ0n) is 19.4. The Hall–Kier alpha value is -3.88. The van der Waals surface area contributed by atoms with Crippen LogP contribution in [-0.2, 0) is 6.54 Å². The Morgan fingerprint density at radius 2 is 1.78 bits per heavy atom. The number of ether oxygens (including phenoxy) is 2. The first-order valence-electron chi connectivity index (χ1n) is 11.6. The second-order valence-electron chi connectivity index (χ2n) is 8.53. The molecule has 3 aromatic carbocycles. The van der Waals surface area contributed by atoms with E-state index in [2.05, 4.69) is 26.3 Å². The minimum absolute atomic E-state index is 0.283. The number of amides is 1. The summed E-state index contributed by atoms with van der Waals surface area (Å²) in [4.78, 5) is 18.3. The fraction of sp³-hybridized carbons (Fsp3) is 0.107. The van der Waals surface area contributed by atoms with E-state index in [0.29, 0.717) is 63.3 Å². The highest BCUT2D eigenvalue weighted by Gasteiger charge is 2.19. The second-order valence-corrected chi connectivity index (χ2v) is 9.83. The number of carbonyl (C=O) groups is 1. The van der Waals surface area contributed by atoms with Gasteiger partial charge < -0.3 is 14.8 Å². The van der Waals surface area contributed by atoms with Crippen LogP contribution < -0.4 is 14.8 Å². The van der Waals surface area contributed by atoms with Crippen molar-refractivity contribution in [3.05, 3.63) is 99.6 Å². The molecule has 0 aliphatic carbocycles. The van der Waals surface area contributed by atoms with Gasteiger partial charge in [0.25, 0.3) is 5.91 Å². The molecular weight excluding hydrogens is 556 g/mol. The molecule has 5 aromatic rings. The fourth-order valence-corrected chi connectivity index (χ4v) is 4.77. The van der Waals surface area contributed by atoms with Gasteiger partial charge in [-0.25, -0.2) is 4.98 Å². The summed E-state index contributed by atoms with van der Waals surface area (Å²) >= 11 is 9.51. The minimum Gasteiger partial charge on any atom is -0.486 e. The number of hydrogen-bond donors (Lipinski definition) is 1. The SMILES string of the molecule is O=C(Nc1nn(Cc2ccc(Cl)cc2)cc1Br)c1cc(-c2ccc3c(c2)OCCO3)nc2ccccc12. The van der Waals surface area contributed by atoms with Gasteiger partial charge in [-0.15, -0.1) is 0 Å². The lowest BCUT2D eigenvalue weighted by Crippen LogP contribution is -2.15. The van der Waals surface area contributed by atoms with Crippen molar-refractivity contribution in [3.63, 3.8) is 0 Å². The van der Waals surface area contributed by atoms with E-state index in [-0.39, 0.29) is 5.91 Å². The zero-order valence-corrected chi connectivity index (χ0v) is 21.8. The molecular formula is C28H20BrClN4O3. The number of para-hydroxylation sites is 1. The normalized spacial score (nSPS) is 12.5. The molecule has 0 fully saturated rings. The number of nitrogens with one attached hydrogen (secondary N) is 1. The maximum Gasteiger partial charge on any atom is 0.257 e. The number of halogens is 2. The zero-order chi connectivity index (χ0) is 25.4. The summed E-state index contributed by atoms with van der Waals surface area (Å²) in [6.07, 6.45) is 1.83. The van der Waals surface area contributed by atoms with Crippen LogP contribution in [0.4, 0.5) is 5.82 Å². The van der Waals surface area contributed by atoms with Gasteiger partial charge in [-0.2, -0.15) is 5.10 Å². The molecule has 0 atom stereocenters. The van der Waals surface area contributed by atoms with Gasteiger partial charge in [0.05, 0.1) is 27.8 Å². The van der Waals surface area contributed by atoms with Crippen molar-refractivity contribution in [2.75, 3.05) is 18.5 Å². The Morgan fingerprint density at radius 1 is 1.00 bits per heavy atom. The molecule has 37 heavy (non-hydrogen) atoms. The highest BCUT2D eigenvalue weighted by Crippen LogP contribution is 2.35. The lowest BCUT2D eigenvalue weighted by Gasteiger charge is -2.19. The number of aromatic nitrogens is 3. The number of hydrogen-bond acceptors (Lipinski definition) is 5. The van der Waals surface area contributed by atoms with Gasteiger partial charge >= 0.3 is 0 Å². The average Bonchev–Trinajstić information content (AvgIpc) is 3.26. The Kier molecular flexibility index (Phi) is 6.28. The van der Waals surface area contributed by atoms with E-state index in [1.54, 1.807) is 10.7 Å². The Labute approximate surface area is 226 Å². The third-order valence-corrected chi connectivity index (χ3v) is 6.84. The maximum absolute atomic E-state index is 13.5. The van der Waals surface area contributed by atoms with Crippen molar-refractivity contribution in [2.45, 2.75) is 6.54 Å². The number of fused-ring (bicyclic) bond motifs is 2. The van der Waals surface area contributed by atoms with E-state index in [4.69, 9.17) is 26.1 Å². The van der Waals surface area contributed by atoms with Crippen LogP contribution in [0.2, 0.25) is 5.02 Å². The summed E-state index contributed by atoms with van der Waals surface area (Å²) in [5, 5.41) is 8.94. The Balaban J connectivity index is 1.32. The van der Waals surface area contributed by atoms with Gasteiger partial charge in [0.1, 0.15) is 13.2 Å². The highest BCUT2D eigenvalue weighted by molar-refractivity contribution is 9.10. The number of anilines is 1. The number of benzene rings is 3. The molecule has 0 radical (unpaired) electrons. The molecule has 0 saturated heterocycles. The van der Waals surface area contributed by atoms with Crippen molar-refractivity contribution in [2.24, 2.45) is 0 Å². The molecule has 3 heterocycles. The summed E-state index contributed by atoms with van der Waals surface area (Å²) in [7, 11) is 0. The number of nitrogens with zero attached hydrogens (tertiary/aromatic N) is 3. The van der Waals surface area contributed by atoms with E-state index in [1.807, 2.05) is 72.9 Å². The molecule has 1 N–H and O–H groups in total. The van der Waals surface area contributed by atoms with Crippen LogP contribution in [0.1, 0.15) is 15.9 Å². The molecule has 2 aromatic heterocycles. The molecule has 0 bridgehead atoms. The topological polar surface area (TPSA) is 78.3 Å². The number of pyridine rings is 1. The third kappa shape index (κ3) is 4.90. The van der Waals surface area contributed by atoms with E-state index in [0.717, 1.165) is 16.5 Å². The van der Waals surface area contributed by atoms with E-state index in [1.165, 1.54) is 0 Å². The van der Waals surface area contributed by atoms with Gasteiger partial charge in [-0.1, -0.05) is 41.9 Å². The van der Waals surface area contributed by atoms with Crippen molar-refractivity contribution < 1.29 is 14.3 Å². The minimum atomic E-state index is -0.283. The average molecular weight is 576 g/mol. The van der Waals surface area contributed by atoms with Crippen molar-refractivity contribution in [1.29, 1.82) is 0 Å². The summed E-state index contributed by atoms with van der Waals surface area (Å²) in [6, 6.07) is 22.6. The highest BCUT2D eigenvalue weighted by atomic mass is 79.9. The maximum atomic E-state index is 13.5. The predicted molar refractivity (Wildman–Crippen MR) is 147 cm³/mol. The van der Waals surface area contributed by atoms with Crippen LogP contribution in [-0.4, -0.2) is 33.9 Å². The van der Waals surface area contributed by atoms with Crippen LogP contribution >= 0.6 is 27.5 Å². The van der Waals surface area contributed by atoms with Gasteiger partial charge in [-0.3, -0.25) is 9.48 Å². The molecule has 9 heteroatoms. The van der Waals surface area contributed by atoms with Crippen molar-refractivity contribution in [3.8, 4) is 22.8 Å². The molecule has 0 spiro atoms. The standard InChI is InChI=1S/C28H20BrClN4O3/c29-22-16-34(15-17-5-8-19(30)9-6-17)33-27(22)32-28(35)21-14-24(31-23-4-2-1-3-20(21)23)18-7-10-25-26(13-18)37-12-11-36-25/h1-10,13-14,16H,11-12,15H2,(H,32,33,35). The Bertz CT molecular complexity index is 1640. The van der Waals surface area contributed by atoms with Gasteiger partial charge in [0.15, 0.2) is 17.3 Å². The monoisotopic (exact) mass is 574 g/mol. The Morgan fingerprint density at radius 3 is 2.62 bits per heavy atom. The van der Waals surface area contributed by atoms with Crippen LogP contribution in [0.25, 0.3) is 22.2 Å². The van der Waals surface area contributed by atoms with Gasteiger partial charge in [0.2, 0.25) is 0 Å². The molecule has 1 aliphatic rings. The lowest BCUT2D eigenvalue weighted by atomic mass is 10.0. The first-order valence-corrected chi connectivity index (χ1v) is 12.8. The van der Waals surface area contributed by atoms with E-state index >= 15 is 0 Å². The molecule has 184 valence electrons. The molecule has 1 amide bonds.